The van der Waals surface area contributed by atoms with Gasteiger partial charge in [-0.05, 0) is 12.3 Å². The molecular formula is C8H16ClN. The first-order chi connectivity index (χ1) is 4.74. The van der Waals surface area contributed by atoms with Crippen LogP contribution in [0.5, 0.6) is 0 Å². The molecule has 0 radical (unpaired) electrons. The van der Waals surface area contributed by atoms with Crippen molar-refractivity contribution in [1.29, 1.82) is 0 Å². The Morgan fingerprint density at radius 3 is 2.80 bits per heavy atom. The van der Waals surface area contributed by atoms with Crippen LogP contribution in [0.15, 0.2) is 0 Å². The molecule has 0 spiro atoms. The van der Waals surface area contributed by atoms with Gasteiger partial charge in [0.1, 0.15) is 0 Å². The summed E-state index contributed by atoms with van der Waals surface area (Å²) >= 11 is 5.60. The minimum atomic E-state index is 0.786. The fraction of sp³-hybridized carbons (Fsp3) is 1.00. The molecule has 1 saturated heterocycles. The van der Waals surface area contributed by atoms with E-state index in [0.717, 1.165) is 24.4 Å². The van der Waals surface area contributed by atoms with E-state index in [4.69, 9.17) is 11.6 Å². The molecule has 0 N–H and O–H groups in total. The highest BCUT2D eigenvalue weighted by atomic mass is 35.5. The van der Waals surface area contributed by atoms with E-state index in [-0.39, 0.29) is 0 Å². The second kappa shape index (κ2) is 3.59. The summed E-state index contributed by atoms with van der Waals surface area (Å²) in [6.07, 6.45) is 1.34. The third kappa shape index (κ3) is 2.47. The molecule has 60 valence electrons. The summed E-state index contributed by atoms with van der Waals surface area (Å²) in [5.41, 5.74) is 0. The summed E-state index contributed by atoms with van der Waals surface area (Å²) in [6.45, 7) is 6.91. The van der Waals surface area contributed by atoms with Crippen molar-refractivity contribution in [2.24, 2.45) is 5.92 Å². The Labute approximate surface area is 68.4 Å². The molecule has 1 aliphatic rings. The van der Waals surface area contributed by atoms with Crippen molar-refractivity contribution in [3.05, 3.63) is 0 Å². The first-order valence-electron chi connectivity index (χ1n) is 4.04. The lowest BCUT2D eigenvalue weighted by Crippen LogP contribution is -2.06. The predicted molar refractivity (Wildman–Crippen MR) is 45.5 cm³/mol. The van der Waals surface area contributed by atoms with Crippen LogP contribution in [-0.4, -0.2) is 29.9 Å². The molecule has 0 saturated carbocycles. The molecule has 0 amide bonds. The van der Waals surface area contributed by atoms with Gasteiger partial charge in [0.25, 0.3) is 0 Å². The van der Waals surface area contributed by atoms with Gasteiger partial charge in [-0.25, -0.2) is 0 Å². The molecule has 0 aromatic rings. The number of halogens is 1. The Bertz CT molecular complexity index is 103. The zero-order valence-corrected chi connectivity index (χ0v) is 7.56. The predicted octanol–water partition coefficient (Wildman–Crippen LogP) is 1.96. The molecule has 0 aromatic carbocycles. The summed E-state index contributed by atoms with van der Waals surface area (Å²) in [4.78, 5) is 2.44. The van der Waals surface area contributed by atoms with Crippen LogP contribution in [0.2, 0.25) is 0 Å². The highest BCUT2D eigenvalue weighted by Crippen LogP contribution is 2.23. The summed E-state index contributed by atoms with van der Waals surface area (Å²) in [5.74, 6) is 1.62. The molecule has 2 unspecified atom stereocenters. The monoisotopic (exact) mass is 161 g/mol. The van der Waals surface area contributed by atoms with Crippen molar-refractivity contribution in [2.75, 3.05) is 19.0 Å². The number of hydrogen-bond donors (Lipinski definition) is 0. The smallest absolute Gasteiger partial charge is 0.0351 e. The van der Waals surface area contributed by atoms with Crippen LogP contribution in [0.3, 0.4) is 0 Å². The van der Waals surface area contributed by atoms with Crippen LogP contribution in [-0.2, 0) is 0 Å². The van der Waals surface area contributed by atoms with Gasteiger partial charge in [-0.3, -0.25) is 4.90 Å². The van der Waals surface area contributed by atoms with Crippen LogP contribution in [0.25, 0.3) is 0 Å². The Morgan fingerprint density at radius 1 is 1.60 bits per heavy atom. The van der Waals surface area contributed by atoms with E-state index in [1.165, 1.54) is 13.0 Å². The summed E-state index contributed by atoms with van der Waals surface area (Å²) in [7, 11) is 0. The molecule has 1 fully saturated rings. The number of rotatable bonds is 4. The molecule has 1 heterocycles. The fourth-order valence-electron chi connectivity index (χ4n) is 1.37. The van der Waals surface area contributed by atoms with Gasteiger partial charge in [0.15, 0.2) is 0 Å². The molecule has 0 aliphatic carbocycles. The third-order valence-corrected chi connectivity index (χ3v) is 2.11. The molecule has 1 rings (SSSR count). The van der Waals surface area contributed by atoms with E-state index >= 15 is 0 Å². The summed E-state index contributed by atoms with van der Waals surface area (Å²) in [5, 5.41) is 0. The molecular weight excluding hydrogens is 146 g/mol. The van der Waals surface area contributed by atoms with Crippen molar-refractivity contribution in [2.45, 2.75) is 26.3 Å². The second-order valence-electron chi connectivity index (χ2n) is 3.47. The number of hydrogen-bond acceptors (Lipinski definition) is 1. The first-order valence-corrected chi connectivity index (χ1v) is 4.57. The molecule has 2 heteroatoms. The lowest BCUT2D eigenvalue weighted by atomic mass is 10.1. The number of nitrogens with zero attached hydrogens (tertiary/aromatic N) is 1. The van der Waals surface area contributed by atoms with Crippen molar-refractivity contribution >= 4 is 11.6 Å². The largest absolute Gasteiger partial charge is 0.296 e. The fourth-order valence-corrected chi connectivity index (χ4v) is 1.59. The average molecular weight is 162 g/mol. The highest BCUT2D eigenvalue weighted by Gasteiger charge is 2.32. The Kier molecular flexibility index (Phi) is 2.99. The van der Waals surface area contributed by atoms with Gasteiger partial charge in [-0.15, -0.1) is 11.6 Å². The third-order valence-electron chi connectivity index (χ3n) is 1.94. The maximum atomic E-state index is 5.60. The zero-order valence-electron chi connectivity index (χ0n) is 6.81. The van der Waals surface area contributed by atoms with E-state index < -0.39 is 0 Å². The zero-order chi connectivity index (χ0) is 7.56. The Balaban J connectivity index is 2.02. The molecule has 2 atom stereocenters. The molecule has 1 aliphatic heterocycles. The van der Waals surface area contributed by atoms with Crippen molar-refractivity contribution < 1.29 is 0 Å². The molecule has 0 aromatic heterocycles. The van der Waals surface area contributed by atoms with Crippen molar-refractivity contribution in [1.82, 2.24) is 4.90 Å². The lowest BCUT2D eigenvalue weighted by molar-refractivity contribution is 0.471. The van der Waals surface area contributed by atoms with Crippen molar-refractivity contribution in [3.63, 3.8) is 0 Å². The van der Waals surface area contributed by atoms with E-state index in [1.54, 1.807) is 0 Å². The maximum absolute atomic E-state index is 5.60. The second-order valence-corrected chi connectivity index (χ2v) is 3.85. The average Bonchev–Trinajstić information content (AvgIpc) is 2.47. The lowest BCUT2D eigenvalue weighted by Gasteiger charge is -2.02. The van der Waals surface area contributed by atoms with Gasteiger partial charge in [0.05, 0.1) is 0 Å². The van der Waals surface area contributed by atoms with E-state index in [9.17, 15) is 0 Å². The van der Waals surface area contributed by atoms with E-state index in [1.807, 2.05) is 0 Å². The SMILES string of the molecule is CC(C)CC1CN1CCCl. The molecule has 10 heavy (non-hydrogen) atoms. The number of alkyl halides is 1. The minimum absolute atomic E-state index is 0.786. The van der Waals surface area contributed by atoms with Gasteiger partial charge in [-0.2, -0.15) is 0 Å². The van der Waals surface area contributed by atoms with E-state index in [2.05, 4.69) is 18.7 Å². The van der Waals surface area contributed by atoms with Gasteiger partial charge >= 0.3 is 0 Å². The molecule has 1 nitrogen and oxygen atoms in total. The highest BCUT2D eigenvalue weighted by molar-refractivity contribution is 6.18. The van der Waals surface area contributed by atoms with Gasteiger partial charge in [0.2, 0.25) is 0 Å². The standard InChI is InChI=1S/C8H16ClN/c1-7(2)5-8-6-10(8)4-3-9/h7-8H,3-6H2,1-2H3. The first kappa shape index (κ1) is 8.35. The van der Waals surface area contributed by atoms with Gasteiger partial charge in [0, 0.05) is 25.0 Å². The van der Waals surface area contributed by atoms with Gasteiger partial charge in [-0.1, -0.05) is 13.8 Å². The van der Waals surface area contributed by atoms with Crippen LogP contribution >= 0.6 is 11.6 Å². The maximum Gasteiger partial charge on any atom is 0.0351 e. The Morgan fingerprint density at radius 2 is 2.30 bits per heavy atom. The topological polar surface area (TPSA) is 3.01 Å². The van der Waals surface area contributed by atoms with Crippen molar-refractivity contribution in [3.8, 4) is 0 Å². The quantitative estimate of drug-likeness (QED) is 0.450. The van der Waals surface area contributed by atoms with Crippen LogP contribution < -0.4 is 0 Å². The normalized spacial score (nSPS) is 31.2. The van der Waals surface area contributed by atoms with Crippen LogP contribution in [0.4, 0.5) is 0 Å². The molecule has 0 bridgehead atoms. The summed E-state index contributed by atoms with van der Waals surface area (Å²) < 4.78 is 0. The summed E-state index contributed by atoms with van der Waals surface area (Å²) in [6, 6.07) is 0.860. The van der Waals surface area contributed by atoms with Crippen LogP contribution in [0, 0.1) is 5.92 Å². The minimum Gasteiger partial charge on any atom is -0.296 e. The Hall–Kier alpha value is 0.250. The van der Waals surface area contributed by atoms with E-state index in [0.29, 0.717) is 0 Å². The van der Waals surface area contributed by atoms with Gasteiger partial charge < -0.3 is 0 Å². The van der Waals surface area contributed by atoms with Crippen LogP contribution in [0.1, 0.15) is 20.3 Å².